The molecule has 3 rings (SSSR count). The third kappa shape index (κ3) is 1.39. The highest BCUT2D eigenvalue weighted by atomic mass is 16.5. The van der Waals surface area contributed by atoms with Crippen LogP contribution < -0.4 is 11.3 Å². The Kier molecular flexibility index (Phi) is 1.75. The van der Waals surface area contributed by atoms with E-state index in [2.05, 4.69) is 9.97 Å². The van der Waals surface area contributed by atoms with Crippen LogP contribution >= 0.6 is 0 Å². The molecule has 1 fully saturated rings. The molecule has 0 aromatic carbocycles. The van der Waals surface area contributed by atoms with Gasteiger partial charge in [0.05, 0.1) is 30.0 Å². The van der Waals surface area contributed by atoms with Crippen molar-refractivity contribution in [2.75, 3.05) is 6.61 Å². The smallest absolute Gasteiger partial charge is 0.256 e. The van der Waals surface area contributed by atoms with Crippen LogP contribution in [0.25, 0.3) is 0 Å². The molecule has 0 unspecified atom stereocenters. The molecule has 0 spiro atoms. The lowest BCUT2D eigenvalue weighted by molar-refractivity contribution is 0.107. The normalized spacial score (nSPS) is 22.2. The predicted octanol–water partition coefficient (Wildman–Crippen LogP) is -0.210. The lowest BCUT2D eigenvalue weighted by Crippen LogP contribution is -2.31. The van der Waals surface area contributed by atoms with E-state index in [9.17, 15) is 4.79 Å². The lowest BCUT2D eigenvalue weighted by Gasteiger charge is -2.17. The summed E-state index contributed by atoms with van der Waals surface area (Å²) < 4.78 is 5.23. The van der Waals surface area contributed by atoms with Crippen LogP contribution in [0, 0.1) is 0 Å². The van der Waals surface area contributed by atoms with Crippen molar-refractivity contribution in [3.05, 3.63) is 27.4 Å². The van der Waals surface area contributed by atoms with E-state index in [-0.39, 0.29) is 11.1 Å². The molecule has 0 amide bonds. The van der Waals surface area contributed by atoms with E-state index in [0.29, 0.717) is 31.0 Å². The second kappa shape index (κ2) is 2.90. The minimum atomic E-state index is -0.369. The van der Waals surface area contributed by atoms with Crippen molar-refractivity contribution in [1.29, 1.82) is 0 Å². The Balaban J connectivity index is 2.13. The largest absolute Gasteiger partial charge is 0.376 e. The molecular weight excluding hydrogens is 194 g/mol. The van der Waals surface area contributed by atoms with E-state index in [1.54, 1.807) is 0 Å². The van der Waals surface area contributed by atoms with Crippen molar-refractivity contribution in [2.45, 2.75) is 31.4 Å². The summed E-state index contributed by atoms with van der Waals surface area (Å²) >= 11 is 0. The highest BCUT2D eigenvalue weighted by Gasteiger charge is 2.43. The minimum absolute atomic E-state index is 0.0913. The summed E-state index contributed by atoms with van der Waals surface area (Å²) in [7, 11) is 0. The molecule has 2 aliphatic rings. The van der Waals surface area contributed by atoms with Gasteiger partial charge in [-0.25, -0.2) is 4.98 Å². The first-order valence-corrected chi connectivity index (χ1v) is 5.18. The molecule has 15 heavy (non-hydrogen) atoms. The number of rotatable bonds is 1. The first-order valence-electron chi connectivity index (χ1n) is 5.18. The zero-order valence-electron chi connectivity index (χ0n) is 8.38. The van der Waals surface area contributed by atoms with Gasteiger partial charge in [-0.15, -0.1) is 0 Å². The Morgan fingerprint density at radius 3 is 3.00 bits per heavy atom. The van der Waals surface area contributed by atoms with E-state index in [1.807, 2.05) is 0 Å². The van der Waals surface area contributed by atoms with Gasteiger partial charge in [0.15, 0.2) is 0 Å². The number of fused-ring (bicyclic) bond motifs is 1. The maximum absolute atomic E-state index is 11.7. The average molecular weight is 207 g/mol. The van der Waals surface area contributed by atoms with Crippen molar-refractivity contribution < 1.29 is 4.74 Å². The standard InChI is InChI=1S/C10H13N3O2/c11-10(2-3-10)9-12-7-1-4-15-5-6(7)8(14)13-9/h1-5,11H2,(H,12,13,14). The van der Waals surface area contributed by atoms with Crippen LogP contribution in [0.5, 0.6) is 0 Å². The van der Waals surface area contributed by atoms with Gasteiger partial charge < -0.3 is 15.5 Å². The number of H-pyrrole nitrogens is 1. The zero-order chi connectivity index (χ0) is 10.5. The fourth-order valence-electron chi connectivity index (χ4n) is 1.85. The van der Waals surface area contributed by atoms with Gasteiger partial charge in [0.25, 0.3) is 5.56 Å². The molecule has 1 aromatic rings. The minimum Gasteiger partial charge on any atom is -0.376 e. The molecule has 1 saturated carbocycles. The van der Waals surface area contributed by atoms with Crippen LogP contribution in [-0.4, -0.2) is 16.6 Å². The Morgan fingerprint density at radius 2 is 2.27 bits per heavy atom. The highest BCUT2D eigenvalue weighted by Crippen LogP contribution is 2.40. The summed E-state index contributed by atoms with van der Waals surface area (Å²) in [4.78, 5) is 18.9. The summed E-state index contributed by atoms with van der Waals surface area (Å²) in [6.07, 6.45) is 2.53. The van der Waals surface area contributed by atoms with Crippen molar-refractivity contribution >= 4 is 0 Å². The van der Waals surface area contributed by atoms with Gasteiger partial charge in [-0.3, -0.25) is 4.79 Å². The van der Waals surface area contributed by atoms with Gasteiger partial charge in [-0.1, -0.05) is 0 Å². The first kappa shape index (κ1) is 9.06. The molecule has 5 heteroatoms. The van der Waals surface area contributed by atoms with Crippen LogP contribution in [0.4, 0.5) is 0 Å². The SMILES string of the molecule is NC1(c2nc3c(c(=O)[nH]2)COCC3)CC1. The number of nitrogens with zero attached hydrogens (tertiary/aromatic N) is 1. The van der Waals surface area contributed by atoms with Gasteiger partial charge in [0, 0.05) is 6.42 Å². The molecule has 0 saturated heterocycles. The second-order valence-corrected chi connectivity index (χ2v) is 4.30. The highest BCUT2D eigenvalue weighted by molar-refractivity contribution is 5.23. The number of aromatic nitrogens is 2. The molecular formula is C10H13N3O2. The van der Waals surface area contributed by atoms with E-state index in [1.165, 1.54) is 0 Å². The zero-order valence-corrected chi connectivity index (χ0v) is 8.38. The number of hydrogen-bond acceptors (Lipinski definition) is 4. The lowest BCUT2D eigenvalue weighted by atomic mass is 10.1. The van der Waals surface area contributed by atoms with Crippen molar-refractivity contribution in [3.8, 4) is 0 Å². The Morgan fingerprint density at radius 1 is 1.47 bits per heavy atom. The molecule has 1 aliphatic heterocycles. The molecule has 2 heterocycles. The van der Waals surface area contributed by atoms with Gasteiger partial charge in [0.2, 0.25) is 0 Å². The topological polar surface area (TPSA) is 81.0 Å². The number of nitrogens with one attached hydrogen (secondary N) is 1. The van der Waals surface area contributed by atoms with E-state index >= 15 is 0 Å². The molecule has 0 atom stereocenters. The Hall–Kier alpha value is -1.20. The summed E-state index contributed by atoms with van der Waals surface area (Å²) in [6.45, 7) is 1.01. The molecule has 80 valence electrons. The van der Waals surface area contributed by atoms with E-state index in [4.69, 9.17) is 10.5 Å². The second-order valence-electron chi connectivity index (χ2n) is 4.30. The molecule has 5 nitrogen and oxygen atoms in total. The monoisotopic (exact) mass is 207 g/mol. The molecule has 0 bridgehead atoms. The van der Waals surface area contributed by atoms with Crippen LogP contribution in [-0.2, 0) is 23.3 Å². The Labute approximate surface area is 86.7 Å². The number of aromatic amines is 1. The maximum Gasteiger partial charge on any atom is 0.256 e. The van der Waals surface area contributed by atoms with Crippen LogP contribution in [0.3, 0.4) is 0 Å². The van der Waals surface area contributed by atoms with E-state index < -0.39 is 0 Å². The fraction of sp³-hybridized carbons (Fsp3) is 0.600. The Bertz CT molecular complexity index is 462. The quantitative estimate of drug-likeness (QED) is 0.667. The van der Waals surface area contributed by atoms with Crippen LogP contribution in [0.2, 0.25) is 0 Å². The summed E-state index contributed by atoms with van der Waals surface area (Å²) in [5.41, 5.74) is 7.07. The molecule has 1 aliphatic carbocycles. The molecule has 3 N–H and O–H groups in total. The van der Waals surface area contributed by atoms with Crippen molar-refractivity contribution in [2.24, 2.45) is 5.73 Å². The molecule has 0 radical (unpaired) electrons. The fourth-order valence-corrected chi connectivity index (χ4v) is 1.85. The molecule has 1 aromatic heterocycles. The average Bonchev–Trinajstić information content (AvgIpc) is 2.98. The number of nitrogens with two attached hydrogens (primary N) is 1. The van der Waals surface area contributed by atoms with Gasteiger partial charge in [-0.05, 0) is 12.8 Å². The summed E-state index contributed by atoms with van der Waals surface area (Å²) in [5, 5.41) is 0. The van der Waals surface area contributed by atoms with Gasteiger partial charge in [0.1, 0.15) is 5.82 Å². The van der Waals surface area contributed by atoms with Gasteiger partial charge in [-0.2, -0.15) is 0 Å². The maximum atomic E-state index is 11.7. The summed E-state index contributed by atoms with van der Waals surface area (Å²) in [6, 6.07) is 0. The third-order valence-corrected chi connectivity index (χ3v) is 3.09. The number of hydrogen-bond donors (Lipinski definition) is 2. The third-order valence-electron chi connectivity index (χ3n) is 3.09. The first-order chi connectivity index (χ1) is 7.19. The predicted molar refractivity (Wildman–Crippen MR) is 53.3 cm³/mol. The van der Waals surface area contributed by atoms with Crippen molar-refractivity contribution in [3.63, 3.8) is 0 Å². The van der Waals surface area contributed by atoms with Crippen molar-refractivity contribution in [1.82, 2.24) is 9.97 Å². The summed E-state index contributed by atoms with van der Waals surface area (Å²) in [5.74, 6) is 0.646. The van der Waals surface area contributed by atoms with Crippen LogP contribution in [0.1, 0.15) is 29.9 Å². The van der Waals surface area contributed by atoms with Gasteiger partial charge >= 0.3 is 0 Å². The van der Waals surface area contributed by atoms with Crippen LogP contribution in [0.15, 0.2) is 4.79 Å². The van der Waals surface area contributed by atoms with E-state index in [0.717, 1.165) is 18.5 Å². The number of ether oxygens (including phenoxy) is 1.